The first-order valence-corrected chi connectivity index (χ1v) is 3.47. The largest absolute Gasteiger partial charge is 0.662 e. The lowest BCUT2D eigenvalue weighted by atomic mass is 10.2. The topological polar surface area (TPSA) is 58.9 Å². The molecule has 0 aliphatic heterocycles. The molecule has 0 amide bonds. The van der Waals surface area contributed by atoms with Crippen molar-refractivity contribution in [3.8, 4) is 0 Å². The van der Waals surface area contributed by atoms with Crippen molar-refractivity contribution in [1.29, 1.82) is 0 Å². The van der Waals surface area contributed by atoms with Crippen molar-refractivity contribution in [2.24, 2.45) is 0 Å². The van der Waals surface area contributed by atoms with Crippen LogP contribution in [0, 0.1) is 0 Å². The molecule has 0 aromatic heterocycles. The van der Waals surface area contributed by atoms with Gasteiger partial charge in [-0.25, -0.2) is 9.69 Å². The second-order valence-electron chi connectivity index (χ2n) is 2.17. The molecule has 0 bridgehead atoms. The van der Waals surface area contributed by atoms with Crippen LogP contribution >= 0.6 is 0 Å². The summed E-state index contributed by atoms with van der Waals surface area (Å²) in [7, 11) is -1.88. The van der Waals surface area contributed by atoms with Gasteiger partial charge >= 0.3 is 7.32 Å². The van der Waals surface area contributed by atoms with Gasteiger partial charge in [0.15, 0.2) is 0 Å². The van der Waals surface area contributed by atoms with Gasteiger partial charge in [0, 0.05) is 0 Å². The first-order chi connectivity index (χ1) is 5.79. The summed E-state index contributed by atoms with van der Waals surface area (Å²) in [5.74, 6) is 0. The molecule has 1 aromatic rings. The van der Waals surface area contributed by atoms with E-state index in [-0.39, 0.29) is 6.61 Å². The van der Waals surface area contributed by atoms with Crippen LogP contribution in [0.3, 0.4) is 0 Å². The summed E-state index contributed by atoms with van der Waals surface area (Å²) in [6.45, 7) is 0.193. The molecule has 4 nitrogen and oxygen atoms in total. The number of rotatable bonds is 4. The van der Waals surface area contributed by atoms with E-state index in [9.17, 15) is 0 Å². The third-order valence-corrected chi connectivity index (χ3v) is 1.22. The van der Waals surface area contributed by atoms with E-state index in [4.69, 9.17) is 10.0 Å². The lowest BCUT2D eigenvalue weighted by Gasteiger charge is -2.01. The summed E-state index contributed by atoms with van der Waals surface area (Å²) in [5, 5.41) is 16.5. The highest BCUT2D eigenvalue weighted by Crippen LogP contribution is 2.00. The fourth-order valence-corrected chi connectivity index (χ4v) is 0.737. The van der Waals surface area contributed by atoms with Crippen molar-refractivity contribution in [1.82, 2.24) is 0 Å². The van der Waals surface area contributed by atoms with Crippen LogP contribution in [-0.2, 0) is 16.3 Å². The van der Waals surface area contributed by atoms with E-state index >= 15 is 0 Å². The first kappa shape index (κ1) is 9.21. The van der Waals surface area contributed by atoms with E-state index in [0.717, 1.165) is 5.56 Å². The maximum Gasteiger partial charge on any atom is 0.662 e. The van der Waals surface area contributed by atoms with Gasteiger partial charge in [-0.05, 0) is 5.56 Å². The molecule has 0 fully saturated rings. The molecule has 2 N–H and O–H groups in total. The summed E-state index contributed by atoms with van der Waals surface area (Å²) < 4.78 is 0. The lowest BCUT2D eigenvalue weighted by Crippen LogP contribution is -2.16. The molecular weight excluding hydrogens is 159 g/mol. The van der Waals surface area contributed by atoms with E-state index < -0.39 is 7.32 Å². The van der Waals surface area contributed by atoms with Crippen LogP contribution in [0.15, 0.2) is 30.3 Å². The maximum absolute atomic E-state index is 8.24. The molecular formula is C7H9BO4. The summed E-state index contributed by atoms with van der Waals surface area (Å²) in [6.07, 6.45) is 0. The predicted molar refractivity (Wildman–Crippen MR) is 42.5 cm³/mol. The molecule has 0 saturated heterocycles. The Kier molecular flexibility index (Phi) is 3.76. The molecule has 0 aliphatic rings. The smallest absolute Gasteiger partial charge is 0.400 e. The van der Waals surface area contributed by atoms with Gasteiger partial charge in [-0.1, -0.05) is 30.3 Å². The molecule has 1 rings (SSSR count). The van der Waals surface area contributed by atoms with E-state index in [1.807, 2.05) is 30.3 Å². The Morgan fingerprint density at radius 3 is 2.42 bits per heavy atom. The number of hydrogen-bond acceptors (Lipinski definition) is 4. The fourth-order valence-electron chi connectivity index (χ4n) is 0.737. The Labute approximate surface area is 70.5 Å². The predicted octanol–water partition coefficient (Wildman–Crippen LogP) is 0.104. The minimum absolute atomic E-state index is 0.193. The molecule has 0 atom stereocenters. The van der Waals surface area contributed by atoms with Crippen molar-refractivity contribution < 1.29 is 19.7 Å². The Bertz CT molecular complexity index is 214. The molecule has 64 valence electrons. The number of hydrogen-bond donors (Lipinski definition) is 2. The van der Waals surface area contributed by atoms with E-state index in [2.05, 4.69) is 9.69 Å². The monoisotopic (exact) mass is 168 g/mol. The second-order valence-corrected chi connectivity index (χ2v) is 2.17. The Balaban J connectivity index is 2.25. The Hall–Kier alpha value is -0.875. The summed E-state index contributed by atoms with van der Waals surface area (Å²) in [6, 6.07) is 9.27. The van der Waals surface area contributed by atoms with Gasteiger partial charge in [0.25, 0.3) is 0 Å². The van der Waals surface area contributed by atoms with Crippen molar-refractivity contribution in [3.63, 3.8) is 0 Å². The van der Waals surface area contributed by atoms with Crippen LogP contribution in [0.5, 0.6) is 0 Å². The highest BCUT2D eigenvalue weighted by molar-refractivity contribution is 6.32. The van der Waals surface area contributed by atoms with E-state index in [0.29, 0.717) is 0 Å². The Morgan fingerprint density at radius 1 is 1.17 bits per heavy atom. The lowest BCUT2D eigenvalue weighted by molar-refractivity contribution is -0.244. The first-order valence-electron chi connectivity index (χ1n) is 3.47. The highest BCUT2D eigenvalue weighted by Gasteiger charge is 2.08. The van der Waals surface area contributed by atoms with Crippen molar-refractivity contribution >= 4 is 7.32 Å². The van der Waals surface area contributed by atoms with Gasteiger partial charge in [0.1, 0.15) is 6.61 Å². The van der Waals surface area contributed by atoms with Gasteiger partial charge in [-0.3, -0.25) is 0 Å². The minimum atomic E-state index is -1.88. The van der Waals surface area contributed by atoms with Crippen LogP contribution in [0.1, 0.15) is 5.56 Å². The zero-order valence-electron chi connectivity index (χ0n) is 6.38. The zero-order chi connectivity index (χ0) is 8.81. The third kappa shape index (κ3) is 3.50. The van der Waals surface area contributed by atoms with Crippen molar-refractivity contribution in [3.05, 3.63) is 35.9 Å². The van der Waals surface area contributed by atoms with Gasteiger partial charge in [-0.15, -0.1) is 0 Å². The molecule has 1 aromatic carbocycles. The molecule has 5 heteroatoms. The second kappa shape index (κ2) is 4.89. The standard InChI is InChI=1S/C7H9BO4/c9-8(10)12-11-6-7-4-2-1-3-5-7/h1-5,9-10H,6H2. The molecule has 0 aliphatic carbocycles. The van der Waals surface area contributed by atoms with Gasteiger partial charge in [0.05, 0.1) is 0 Å². The maximum atomic E-state index is 8.24. The molecule has 0 heterocycles. The van der Waals surface area contributed by atoms with E-state index in [1.165, 1.54) is 0 Å². The quantitative estimate of drug-likeness (QED) is 0.380. The molecule has 0 spiro atoms. The van der Waals surface area contributed by atoms with Crippen LogP contribution in [0.2, 0.25) is 0 Å². The average molecular weight is 168 g/mol. The summed E-state index contributed by atoms with van der Waals surface area (Å²) >= 11 is 0. The minimum Gasteiger partial charge on any atom is -0.400 e. The number of benzene rings is 1. The highest BCUT2D eigenvalue weighted by atomic mass is 17.2. The van der Waals surface area contributed by atoms with Crippen molar-refractivity contribution in [2.75, 3.05) is 0 Å². The molecule has 12 heavy (non-hydrogen) atoms. The van der Waals surface area contributed by atoms with Gasteiger partial charge in [-0.2, -0.15) is 0 Å². The summed E-state index contributed by atoms with van der Waals surface area (Å²) in [4.78, 5) is 8.54. The fraction of sp³-hybridized carbons (Fsp3) is 0.143. The van der Waals surface area contributed by atoms with Crippen LogP contribution in [0.25, 0.3) is 0 Å². The van der Waals surface area contributed by atoms with Crippen molar-refractivity contribution in [2.45, 2.75) is 6.61 Å². The normalized spacial score (nSPS) is 9.83. The molecule has 0 saturated carbocycles. The summed E-state index contributed by atoms with van der Waals surface area (Å²) in [5.41, 5.74) is 0.901. The van der Waals surface area contributed by atoms with Crippen LogP contribution in [-0.4, -0.2) is 17.4 Å². The third-order valence-electron chi connectivity index (χ3n) is 1.22. The molecule has 0 radical (unpaired) electrons. The average Bonchev–Trinajstić information content (AvgIpc) is 2.05. The van der Waals surface area contributed by atoms with Crippen LogP contribution < -0.4 is 0 Å². The zero-order valence-corrected chi connectivity index (χ0v) is 6.38. The van der Waals surface area contributed by atoms with E-state index in [1.54, 1.807) is 0 Å². The SMILES string of the molecule is OB(O)OOCc1ccccc1. The van der Waals surface area contributed by atoms with Crippen LogP contribution in [0.4, 0.5) is 0 Å². The Morgan fingerprint density at radius 2 is 1.83 bits per heavy atom. The van der Waals surface area contributed by atoms with Gasteiger partial charge < -0.3 is 10.0 Å². The van der Waals surface area contributed by atoms with Gasteiger partial charge in [0.2, 0.25) is 0 Å². The molecule has 0 unspecified atom stereocenters.